The highest BCUT2D eigenvalue weighted by molar-refractivity contribution is 6.32. The molecule has 0 fully saturated rings. The van der Waals surface area contributed by atoms with Crippen LogP contribution in [0.3, 0.4) is 0 Å². The molecule has 0 atom stereocenters. The smallest absolute Gasteiger partial charge is 0.138 e. The quantitative estimate of drug-likeness (QED) is 0.687. The van der Waals surface area contributed by atoms with Gasteiger partial charge >= 0.3 is 0 Å². The van der Waals surface area contributed by atoms with Crippen molar-refractivity contribution in [3.63, 3.8) is 0 Å². The van der Waals surface area contributed by atoms with E-state index in [1.54, 1.807) is 0 Å². The molecule has 0 spiro atoms. The summed E-state index contributed by atoms with van der Waals surface area (Å²) in [6.45, 7) is 6.87. The Balaban J connectivity index is 1.84. The summed E-state index contributed by atoms with van der Waals surface area (Å²) < 4.78 is 5.78. The lowest BCUT2D eigenvalue weighted by Crippen LogP contribution is -2.16. The van der Waals surface area contributed by atoms with Crippen molar-refractivity contribution in [1.29, 1.82) is 0 Å². The summed E-state index contributed by atoms with van der Waals surface area (Å²) in [6.07, 6.45) is 1.19. The van der Waals surface area contributed by atoms with E-state index in [1.165, 1.54) is 12.0 Å². The largest absolute Gasteiger partial charge is 0.487 e. The molecule has 0 radical (unpaired) electrons. The average molecular weight is 318 g/mol. The average Bonchev–Trinajstić information content (AvgIpc) is 2.51. The summed E-state index contributed by atoms with van der Waals surface area (Å²) in [5.41, 5.74) is 2.32. The summed E-state index contributed by atoms with van der Waals surface area (Å²) in [5.74, 6) is 1.46. The summed E-state index contributed by atoms with van der Waals surface area (Å²) >= 11 is 6.31. The number of ether oxygens (including phenoxy) is 1. The zero-order valence-electron chi connectivity index (χ0n) is 13.3. The third-order valence-electron chi connectivity index (χ3n) is 3.46. The molecular weight excluding hydrogens is 294 g/mol. The molecule has 1 N–H and O–H groups in total. The Morgan fingerprint density at radius 1 is 1.05 bits per heavy atom. The molecule has 0 heterocycles. The molecule has 0 unspecified atom stereocenters. The Hall–Kier alpha value is -1.51. The number of hydrogen-bond donors (Lipinski definition) is 1. The van der Waals surface area contributed by atoms with Crippen LogP contribution in [0, 0.1) is 5.92 Å². The molecule has 3 heteroatoms. The Morgan fingerprint density at radius 2 is 1.82 bits per heavy atom. The van der Waals surface area contributed by atoms with Gasteiger partial charge in [-0.15, -0.1) is 0 Å². The molecule has 0 bridgehead atoms. The summed E-state index contributed by atoms with van der Waals surface area (Å²) in [4.78, 5) is 0. The van der Waals surface area contributed by atoms with Gasteiger partial charge in [0.25, 0.3) is 0 Å². The van der Waals surface area contributed by atoms with Crippen molar-refractivity contribution >= 4 is 11.6 Å². The minimum absolute atomic E-state index is 0.534. The molecule has 0 aliphatic carbocycles. The van der Waals surface area contributed by atoms with E-state index in [0.29, 0.717) is 11.6 Å². The predicted molar refractivity (Wildman–Crippen MR) is 93.4 cm³/mol. The van der Waals surface area contributed by atoms with Crippen molar-refractivity contribution in [2.75, 3.05) is 6.54 Å². The normalized spacial score (nSPS) is 10.9. The fourth-order valence-corrected chi connectivity index (χ4v) is 2.39. The van der Waals surface area contributed by atoms with E-state index in [0.717, 1.165) is 30.3 Å². The van der Waals surface area contributed by atoms with Crippen LogP contribution in [0.4, 0.5) is 0 Å². The van der Waals surface area contributed by atoms with Crippen molar-refractivity contribution < 1.29 is 4.74 Å². The Morgan fingerprint density at radius 3 is 2.50 bits per heavy atom. The van der Waals surface area contributed by atoms with Crippen molar-refractivity contribution in [2.45, 2.75) is 33.4 Å². The summed E-state index contributed by atoms with van der Waals surface area (Å²) in [6, 6.07) is 16.1. The third kappa shape index (κ3) is 5.70. The Labute approximate surface area is 138 Å². The van der Waals surface area contributed by atoms with Crippen LogP contribution >= 0.6 is 11.6 Å². The lowest BCUT2D eigenvalue weighted by atomic mass is 10.1. The molecular formula is C19H24ClNO. The van der Waals surface area contributed by atoms with Crippen molar-refractivity contribution in [3.8, 4) is 5.75 Å². The molecule has 0 aliphatic heterocycles. The van der Waals surface area contributed by atoms with Gasteiger partial charge in [0.05, 0.1) is 5.02 Å². The van der Waals surface area contributed by atoms with Gasteiger partial charge in [0, 0.05) is 6.54 Å². The van der Waals surface area contributed by atoms with Gasteiger partial charge < -0.3 is 10.1 Å². The molecule has 2 rings (SSSR count). The molecule has 0 saturated heterocycles. The molecule has 0 saturated carbocycles. The highest BCUT2D eigenvalue weighted by Gasteiger charge is 2.04. The van der Waals surface area contributed by atoms with Gasteiger partial charge in [0.2, 0.25) is 0 Å². The van der Waals surface area contributed by atoms with Gasteiger partial charge in [0.1, 0.15) is 12.4 Å². The second kappa shape index (κ2) is 8.82. The first-order chi connectivity index (χ1) is 10.6. The standard InChI is InChI=1S/C19H24ClNO/c1-15(2)10-11-21-13-17-8-9-19(18(20)12-17)22-14-16-6-4-3-5-7-16/h3-9,12,15,21H,10-11,13-14H2,1-2H3. The monoisotopic (exact) mass is 317 g/mol. The molecule has 0 aliphatic rings. The fraction of sp³-hybridized carbons (Fsp3) is 0.368. The predicted octanol–water partition coefficient (Wildman–Crippen LogP) is 5.05. The van der Waals surface area contributed by atoms with Gasteiger partial charge in [0.15, 0.2) is 0 Å². The number of hydrogen-bond acceptors (Lipinski definition) is 2. The van der Waals surface area contributed by atoms with Gasteiger partial charge in [-0.25, -0.2) is 0 Å². The van der Waals surface area contributed by atoms with Crippen molar-refractivity contribution in [1.82, 2.24) is 5.32 Å². The minimum Gasteiger partial charge on any atom is -0.487 e. The van der Waals surface area contributed by atoms with Crippen LogP contribution in [-0.4, -0.2) is 6.54 Å². The molecule has 2 aromatic rings. The zero-order chi connectivity index (χ0) is 15.8. The van der Waals surface area contributed by atoms with E-state index in [1.807, 2.05) is 42.5 Å². The highest BCUT2D eigenvalue weighted by Crippen LogP contribution is 2.26. The third-order valence-corrected chi connectivity index (χ3v) is 3.76. The van der Waals surface area contributed by atoms with Crippen LogP contribution in [0.1, 0.15) is 31.4 Å². The fourth-order valence-electron chi connectivity index (χ4n) is 2.13. The molecule has 2 aromatic carbocycles. The minimum atomic E-state index is 0.534. The van der Waals surface area contributed by atoms with Gasteiger partial charge in [-0.05, 0) is 42.1 Å². The molecule has 2 nitrogen and oxygen atoms in total. The molecule has 118 valence electrons. The number of nitrogens with one attached hydrogen (secondary N) is 1. The van der Waals surface area contributed by atoms with Crippen LogP contribution in [0.15, 0.2) is 48.5 Å². The maximum absolute atomic E-state index is 6.31. The van der Waals surface area contributed by atoms with Crippen LogP contribution in [0.2, 0.25) is 5.02 Å². The lowest BCUT2D eigenvalue weighted by Gasteiger charge is -2.11. The second-order valence-corrected chi connectivity index (χ2v) is 6.31. The van der Waals surface area contributed by atoms with E-state index in [4.69, 9.17) is 16.3 Å². The van der Waals surface area contributed by atoms with Crippen LogP contribution in [0.25, 0.3) is 0 Å². The number of rotatable bonds is 8. The van der Waals surface area contributed by atoms with E-state index < -0.39 is 0 Å². The van der Waals surface area contributed by atoms with Crippen LogP contribution in [-0.2, 0) is 13.2 Å². The molecule has 0 amide bonds. The Kier molecular flexibility index (Phi) is 6.75. The number of halogens is 1. The maximum Gasteiger partial charge on any atom is 0.138 e. The highest BCUT2D eigenvalue weighted by atomic mass is 35.5. The first-order valence-corrected chi connectivity index (χ1v) is 8.19. The van der Waals surface area contributed by atoms with Gasteiger partial charge in [-0.1, -0.05) is 61.8 Å². The van der Waals surface area contributed by atoms with E-state index in [-0.39, 0.29) is 0 Å². The van der Waals surface area contributed by atoms with E-state index in [2.05, 4.69) is 25.2 Å². The SMILES string of the molecule is CC(C)CCNCc1ccc(OCc2ccccc2)c(Cl)c1. The summed E-state index contributed by atoms with van der Waals surface area (Å²) in [5, 5.41) is 4.10. The lowest BCUT2D eigenvalue weighted by molar-refractivity contribution is 0.306. The van der Waals surface area contributed by atoms with Crippen molar-refractivity contribution in [2.24, 2.45) is 5.92 Å². The Bertz CT molecular complexity index is 569. The topological polar surface area (TPSA) is 21.3 Å². The number of benzene rings is 2. The van der Waals surface area contributed by atoms with E-state index in [9.17, 15) is 0 Å². The molecule has 0 aromatic heterocycles. The van der Waals surface area contributed by atoms with Crippen LogP contribution in [0.5, 0.6) is 5.75 Å². The first kappa shape index (κ1) is 16.9. The zero-order valence-corrected chi connectivity index (χ0v) is 14.1. The molecule has 22 heavy (non-hydrogen) atoms. The van der Waals surface area contributed by atoms with Gasteiger partial charge in [-0.3, -0.25) is 0 Å². The summed E-state index contributed by atoms with van der Waals surface area (Å²) in [7, 11) is 0. The second-order valence-electron chi connectivity index (χ2n) is 5.90. The maximum atomic E-state index is 6.31. The van der Waals surface area contributed by atoms with E-state index >= 15 is 0 Å². The van der Waals surface area contributed by atoms with Crippen molar-refractivity contribution in [3.05, 3.63) is 64.7 Å². The van der Waals surface area contributed by atoms with Gasteiger partial charge in [-0.2, -0.15) is 0 Å². The first-order valence-electron chi connectivity index (χ1n) is 7.81. The van der Waals surface area contributed by atoms with Crippen LogP contribution < -0.4 is 10.1 Å².